The van der Waals surface area contributed by atoms with Gasteiger partial charge in [0, 0.05) is 6.54 Å². The maximum Gasteiger partial charge on any atom is 0.205 e. The number of ether oxygens (including phenoxy) is 3. The van der Waals surface area contributed by atoms with Gasteiger partial charge in [0.05, 0.1) is 25.5 Å². The Morgan fingerprint density at radius 3 is 2.00 bits per heavy atom. The maximum atomic E-state index is 5.69. The van der Waals surface area contributed by atoms with Gasteiger partial charge < -0.3 is 19.5 Å². The van der Waals surface area contributed by atoms with E-state index in [2.05, 4.69) is 5.32 Å². The zero-order valence-corrected chi connectivity index (χ0v) is 11.7. The standard InChI is InChI=1S/C14H23NO3/c1-5-15-11-9-10-12(16-6-2)14(18-8-4)13(11)17-7-3/h9-10,15H,5-8H2,1-4H3. The number of rotatable bonds is 8. The van der Waals surface area contributed by atoms with Crippen LogP contribution in [0.15, 0.2) is 12.1 Å². The van der Waals surface area contributed by atoms with E-state index in [1.165, 1.54) is 0 Å². The molecular formula is C14H23NO3. The summed E-state index contributed by atoms with van der Waals surface area (Å²) < 4.78 is 16.9. The van der Waals surface area contributed by atoms with Crippen molar-refractivity contribution >= 4 is 5.69 Å². The average Bonchev–Trinajstić information content (AvgIpc) is 2.37. The Morgan fingerprint density at radius 2 is 1.44 bits per heavy atom. The fraction of sp³-hybridized carbons (Fsp3) is 0.571. The fourth-order valence-corrected chi connectivity index (χ4v) is 1.71. The molecule has 1 N–H and O–H groups in total. The predicted molar refractivity (Wildman–Crippen MR) is 74.1 cm³/mol. The molecule has 0 radical (unpaired) electrons. The van der Waals surface area contributed by atoms with Gasteiger partial charge in [0.25, 0.3) is 0 Å². The Kier molecular flexibility index (Phi) is 6.19. The van der Waals surface area contributed by atoms with Crippen molar-refractivity contribution < 1.29 is 14.2 Å². The maximum absolute atomic E-state index is 5.69. The summed E-state index contributed by atoms with van der Waals surface area (Å²) in [6, 6.07) is 3.87. The van der Waals surface area contributed by atoms with Crippen LogP contribution in [0.2, 0.25) is 0 Å². The van der Waals surface area contributed by atoms with Crippen molar-refractivity contribution in [3.05, 3.63) is 12.1 Å². The van der Waals surface area contributed by atoms with Crippen molar-refractivity contribution in [3.8, 4) is 17.2 Å². The second kappa shape index (κ2) is 7.69. The summed E-state index contributed by atoms with van der Waals surface area (Å²) in [6.07, 6.45) is 0. The molecule has 0 aliphatic heterocycles. The first-order chi connectivity index (χ1) is 8.78. The van der Waals surface area contributed by atoms with Gasteiger partial charge in [-0.3, -0.25) is 0 Å². The summed E-state index contributed by atoms with van der Waals surface area (Å²) in [6.45, 7) is 10.5. The number of anilines is 1. The Labute approximate surface area is 109 Å². The lowest BCUT2D eigenvalue weighted by atomic mass is 10.2. The summed E-state index contributed by atoms with van der Waals surface area (Å²) in [7, 11) is 0. The molecule has 4 heteroatoms. The highest BCUT2D eigenvalue weighted by Gasteiger charge is 2.16. The number of hydrogen-bond acceptors (Lipinski definition) is 4. The SMILES string of the molecule is CCNc1ccc(OCC)c(OCC)c1OCC. The molecule has 4 nitrogen and oxygen atoms in total. The smallest absolute Gasteiger partial charge is 0.205 e. The molecule has 1 rings (SSSR count). The van der Waals surface area contributed by atoms with Crippen molar-refractivity contribution in [2.45, 2.75) is 27.7 Å². The molecule has 1 aromatic rings. The molecule has 0 heterocycles. The molecule has 1 aromatic carbocycles. The van der Waals surface area contributed by atoms with Crippen molar-refractivity contribution in [1.29, 1.82) is 0 Å². The van der Waals surface area contributed by atoms with E-state index in [1.807, 2.05) is 39.8 Å². The monoisotopic (exact) mass is 253 g/mol. The van der Waals surface area contributed by atoms with E-state index in [4.69, 9.17) is 14.2 Å². The van der Waals surface area contributed by atoms with Gasteiger partial charge in [-0.1, -0.05) is 0 Å². The van der Waals surface area contributed by atoms with Crippen LogP contribution < -0.4 is 19.5 Å². The summed E-state index contributed by atoms with van der Waals surface area (Å²) >= 11 is 0. The van der Waals surface area contributed by atoms with Gasteiger partial charge in [0.2, 0.25) is 5.75 Å². The molecule has 0 saturated carbocycles. The van der Waals surface area contributed by atoms with Gasteiger partial charge >= 0.3 is 0 Å². The molecule has 0 saturated heterocycles. The second-order valence-corrected chi connectivity index (χ2v) is 3.60. The van der Waals surface area contributed by atoms with Crippen LogP contribution in [0, 0.1) is 0 Å². The lowest BCUT2D eigenvalue weighted by Gasteiger charge is -2.18. The predicted octanol–water partition coefficient (Wildman–Crippen LogP) is 3.31. The van der Waals surface area contributed by atoms with Crippen LogP contribution in [0.5, 0.6) is 17.2 Å². The highest BCUT2D eigenvalue weighted by atomic mass is 16.5. The van der Waals surface area contributed by atoms with E-state index >= 15 is 0 Å². The van der Waals surface area contributed by atoms with E-state index in [0.29, 0.717) is 25.6 Å². The molecule has 0 fully saturated rings. The van der Waals surface area contributed by atoms with Gasteiger partial charge in [-0.25, -0.2) is 0 Å². The lowest BCUT2D eigenvalue weighted by Crippen LogP contribution is -2.06. The van der Waals surface area contributed by atoms with Crippen LogP contribution >= 0.6 is 0 Å². The van der Waals surface area contributed by atoms with E-state index in [0.717, 1.165) is 23.7 Å². The van der Waals surface area contributed by atoms with E-state index in [9.17, 15) is 0 Å². The van der Waals surface area contributed by atoms with Gasteiger partial charge in [-0.05, 0) is 39.8 Å². The quantitative estimate of drug-likeness (QED) is 0.771. The second-order valence-electron chi connectivity index (χ2n) is 3.60. The largest absolute Gasteiger partial charge is 0.490 e. The normalized spacial score (nSPS) is 10.0. The van der Waals surface area contributed by atoms with Gasteiger partial charge in [-0.2, -0.15) is 0 Å². The summed E-state index contributed by atoms with van der Waals surface area (Å²) in [5.41, 5.74) is 0.936. The van der Waals surface area contributed by atoms with Crippen LogP contribution in [0.25, 0.3) is 0 Å². The molecule has 0 bridgehead atoms. The first-order valence-electron chi connectivity index (χ1n) is 6.57. The van der Waals surface area contributed by atoms with Crippen LogP contribution in [0.1, 0.15) is 27.7 Å². The Balaban J connectivity index is 3.19. The lowest BCUT2D eigenvalue weighted by molar-refractivity contribution is 0.261. The van der Waals surface area contributed by atoms with Crippen LogP contribution in [0.3, 0.4) is 0 Å². The molecule has 0 aromatic heterocycles. The number of benzene rings is 1. The van der Waals surface area contributed by atoms with Crippen molar-refractivity contribution in [1.82, 2.24) is 0 Å². The van der Waals surface area contributed by atoms with Crippen molar-refractivity contribution in [2.24, 2.45) is 0 Å². The minimum Gasteiger partial charge on any atom is -0.490 e. The third kappa shape index (κ3) is 3.45. The molecule has 0 aliphatic rings. The van der Waals surface area contributed by atoms with Gasteiger partial charge in [0.15, 0.2) is 11.5 Å². The van der Waals surface area contributed by atoms with Crippen molar-refractivity contribution in [3.63, 3.8) is 0 Å². The Bertz CT molecular complexity index is 331. The molecule has 0 atom stereocenters. The Morgan fingerprint density at radius 1 is 0.833 bits per heavy atom. The first-order valence-corrected chi connectivity index (χ1v) is 6.57. The molecular weight excluding hydrogens is 230 g/mol. The highest BCUT2D eigenvalue weighted by molar-refractivity contribution is 5.68. The molecule has 0 aliphatic carbocycles. The van der Waals surface area contributed by atoms with Crippen LogP contribution in [-0.2, 0) is 0 Å². The van der Waals surface area contributed by atoms with E-state index in [1.54, 1.807) is 0 Å². The molecule has 18 heavy (non-hydrogen) atoms. The summed E-state index contributed by atoms with van der Waals surface area (Å²) in [5, 5.41) is 3.27. The molecule has 0 unspecified atom stereocenters. The van der Waals surface area contributed by atoms with Gasteiger partial charge in [-0.15, -0.1) is 0 Å². The van der Waals surface area contributed by atoms with Crippen molar-refractivity contribution in [2.75, 3.05) is 31.7 Å². The molecule has 0 spiro atoms. The molecule has 0 amide bonds. The average molecular weight is 253 g/mol. The first kappa shape index (κ1) is 14.5. The van der Waals surface area contributed by atoms with E-state index in [-0.39, 0.29) is 0 Å². The van der Waals surface area contributed by atoms with Gasteiger partial charge in [0.1, 0.15) is 0 Å². The topological polar surface area (TPSA) is 39.7 Å². The fourth-order valence-electron chi connectivity index (χ4n) is 1.71. The van der Waals surface area contributed by atoms with Crippen LogP contribution in [0.4, 0.5) is 5.69 Å². The number of nitrogens with one attached hydrogen (secondary N) is 1. The minimum absolute atomic E-state index is 0.579. The minimum atomic E-state index is 0.579. The third-order valence-electron chi connectivity index (χ3n) is 2.32. The van der Waals surface area contributed by atoms with Crippen LogP contribution in [-0.4, -0.2) is 26.4 Å². The highest BCUT2D eigenvalue weighted by Crippen LogP contribution is 2.43. The molecule has 102 valence electrons. The zero-order chi connectivity index (χ0) is 13.4. The van der Waals surface area contributed by atoms with E-state index < -0.39 is 0 Å². The summed E-state index contributed by atoms with van der Waals surface area (Å²) in [5.74, 6) is 2.14. The third-order valence-corrected chi connectivity index (χ3v) is 2.32. The summed E-state index contributed by atoms with van der Waals surface area (Å²) in [4.78, 5) is 0. The number of hydrogen-bond donors (Lipinski definition) is 1. The Hall–Kier alpha value is -1.58. The zero-order valence-electron chi connectivity index (χ0n) is 11.7.